The van der Waals surface area contributed by atoms with E-state index in [4.69, 9.17) is 14.2 Å². The Morgan fingerprint density at radius 3 is 2.31 bits per heavy atom. The fourth-order valence-electron chi connectivity index (χ4n) is 4.02. The summed E-state index contributed by atoms with van der Waals surface area (Å²) in [5.41, 5.74) is 3.35. The van der Waals surface area contributed by atoms with E-state index in [0.29, 0.717) is 32.8 Å². The Bertz CT molecular complexity index is 1150. The highest BCUT2D eigenvalue weighted by molar-refractivity contribution is 7.18. The van der Waals surface area contributed by atoms with Crippen LogP contribution in [0, 0.1) is 6.92 Å². The van der Waals surface area contributed by atoms with Gasteiger partial charge in [-0.05, 0) is 47.9 Å². The van der Waals surface area contributed by atoms with Crippen LogP contribution in [0.4, 0.5) is 10.7 Å². The maximum atomic E-state index is 13.0. The molecule has 8 heteroatoms. The fraction of sp³-hybridized carbons (Fsp3) is 0.250. The van der Waals surface area contributed by atoms with E-state index >= 15 is 0 Å². The summed E-state index contributed by atoms with van der Waals surface area (Å²) in [7, 11) is 4.66. The van der Waals surface area contributed by atoms with Crippen molar-refractivity contribution in [3.05, 3.63) is 64.0 Å². The van der Waals surface area contributed by atoms with Gasteiger partial charge in [0.1, 0.15) is 0 Å². The number of hydrogen-bond acceptors (Lipinski definition) is 6. The Morgan fingerprint density at radius 1 is 1.06 bits per heavy atom. The zero-order valence-electron chi connectivity index (χ0n) is 18.3. The molecule has 0 fully saturated rings. The van der Waals surface area contributed by atoms with Crippen molar-refractivity contribution in [3.8, 4) is 17.2 Å². The monoisotopic (exact) mass is 452 g/mol. The lowest BCUT2D eigenvalue weighted by molar-refractivity contribution is -0.116. The minimum absolute atomic E-state index is 0.104. The van der Waals surface area contributed by atoms with Crippen molar-refractivity contribution in [2.24, 2.45) is 0 Å². The molecular formula is C24H24N2O5S. The van der Waals surface area contributed by atoms with Gasteiger partial charge in [-0.3, -0.25) is 9.59 Å². The number of carbonyl (C=O) groups is 2. The van der Waals surface area contributed by atoms with Crippen LogP contribution in [0.5, 0.6) is 17.2 Å². The maximum absolute atomic E-state index is 13.0. The molecule has 0 bridgehead atoms. The highest BCUT2D eigenvalue weighted by atomic mass is 32.1. The number of fused-ring (bicyclic) bond motifs is 1. The topological polar surface area (TPSA) is 85.9 Å². The van der Waals surface area contributed by atoms with Crippen molar-refractivity contribution in [1.82, 2.24) is 0 Å². The molecule has 32 heavy (non-hydrogen) atoms. The Balaban J connectivity index is 1.77. The summed E-state index contributed by atoms with van der Waals surface area (Å²) < 4.78 is 16.4. The summed E-state index contributed by atoms with van der Waals surface area (Å²) in [6.45, 7) is 1.91. The third kappa shape index (κ3) is 3.89. The Labute approximate surface area is 190 Å². The van der Waals surface area contributed by atoms with Crippen LogP contribution in [0.2, 0.25) is 0 Å². The van der Waals surface area contributed by atoms with Crippen molar-refractivity contribution in [3.63, 3.8) is 0 Å². The zero-order chi connectivity index (χ0) is 22.8. The number of anilines is 2. The molecule has 2 heterocycles. The summed E-state index contributed by atoms with van der Waals surface area (Å²) >= 11 is 1.29. The molecule has 1 aliphatic heterocycles. The maximum Gasteiger partial charge on any atom is 0.266 e. The normalized spacial score (nSPS) is 14.9. The summed E-state index contributed by atoms with van der Waals surface area (Å²) in [4.78, 5) is 26.1. The van der Waals surface area contributed by atoms with Crippen LogP contribution in [0.25, 0.3) is 0 Å². The summed E-state index contributed by atoms with van der Waals surface area (Å²) in [5.74, 6) is 0.971. The summed E-state index contributed by atoms with van der Waals surface area (Å²) in [6, 6.07) is 13.0. The lowest BCUT2D eigenvalue weighted by atomic mass is 9.84. The third-order valence-corrected chi connectivity index (χ3v) is 6.73. The van der Waals surface area contributed by atoms with Gasteiger partial charge in [-0.15, -0.1) is 11.3 Å². The molecule has 166 valence electrons. The molecule has 1 atom stereocenters. The Kier molecular flexibility index (Phi) is 6.05. The van der Waals surface area contributed by atoms with Gasteiger partial charge in [0.15, 0.2) is 11.5 Å². The third-order valence-electron chi connectivity index (χ3n) is 5.51. The van der Waals surface area contributed by atoms with Crippen LogP contribution in [-0.4, -0.2) is 33.1 Å². The van der Waals surface area contributed by atoms with E-state index in [-0.39, 0.29) is 24.2 Å². The van der Waals surface area contributed by atoms with Crippen LogP contribution >= 0.6 is 11.3 Å². The Morgan fingerprint density at radius 2 is 1.72 bits per heavy atom. The van der Waals surface area contributed by atoms with Crippen molar-refractivity contribution in [2.45, 2.75) is 19.3 Å². The molecule has 0 saturated carbocycles. The first kappa shape index (κ1) is 21.7. The van der Waals surface area contributed by atoms with Crippen molar-refractivity contribution in [2.75, 3.05) is 32.0 Å². The molecular weight excluding hydrogens is 428 g/mol. The van der Waals surface area contributed by atoms with Gasteiger partial charge in [0.25, 0.3) is 5.91 Å². The number of carbonyl (C=O) groups excluding carboxylic acids is 2. The second-order valence-electron chi connectivity index (χ2n) is 7.38. The second kappa shape index (κ2) is 8.92. The first-order valence-electron chi connectivity index (χ1n) is 10.1. The van der Waals surface area contributed by atoms with Gasteiger partial charge < -0.3 is 24.8 Å². The van der Waals surface area contributed by atoms with Gasteiger partial charge >= 0.3 is 0 Å². The van der Waals surface area contributed by atoms with Gasteiger partial charge in [-0.1, -0.05) is 18.2 Å². The lowest BCUT2D eigenvalue weighted by Crippen LogP contribution is -2.22. The first-order valence-corrected chi connectivity index (χ1v) is 10.9. The minimum Gasteiger partial charge on any atom is -0.493 e. The number of methoxy groups -OCH3 is 3. The predicted octanol–water partition coefficient (Wildman–Crippen LogP) is 4.81. The number of amides is 2. The van der Waals surface area contributed by atoms with E-state index in [2.05, 4.69) is 10.6 Å². The van der Waals surface area contributed by atoms with Gasteiger partial charge in [0, 0.05) is 18.0 Å². The number of hydrogen-bond donors (Lipinski definition) is 2. The number of rotatable bonds is 6. The van der Waals surface area contributed by atoms with Gasteiger partial charge in [-0.2, -0.15) is 0 Å². The summed E-state index contributed by atoms with van der Waals surface area (Å²) in [6.07, 6.45) is 0.253. The van der Waals surface area contributed by atoms with E-state index in [1.807, 2.05) is 49.4 Å². The number of nitrogens with one attached hydrogen (secondary N) is 2. The van der Waals surface area contributed by atoms with Crippen molar-refractivity contribution in [1.29, 1.82) is 0 Å². The quantitative estimate of drug-likeness (QED) is 0.561. The van der Waals surface area contributed by atoms with E-state index in [0.717, 1.165) is 16.7 Å². The van der Waals surface area contributed by atoms with Crippen molar-refractivity contribution >= 4 is 33.8 Å². The predicted molar refractivity (Wildman–Crippen MR) is 125 cm³/mol. The number of para-hydroxylation sites is 1. The molecule has 4 rings (SSSR count). The lowest BCUT2D eigenvalue weighted by Gasteiger charge is -2.25. The molecule has 3 aromatic rings. The average molecular weight is 453 g/mol. The molecule has 1 aliphatic rings. The van der Waals surface area contributed by atoms with E-state index in [9.17, 15) is 9.59 Å². The van der Waals surface area contributed by atoms with E-state index in [1.54, 1.807) is 21.3 Å². The molecule has 0 radical (unpaired) electrons. The Hall–Kier alpha value is -3.52. The molecule has 0 unspecified atom stereocenters. The molecule has 2 aromatic carbocycles. The number of ether oxygens (including phenoxy) is 3. The average Bonchev–Trinajstić information content (AvgIpc) is 3.14. The highest BCUT2D eigenvalue weighted by Gasteiger charge is 2.34. The van der Waals surface area contributed by atoms with Gasteiger partial charge in [-0.25, -0.2) is 0 Å². The molecule has 0 aliphatic carbocycles. The molecule has 0 spiro atoms. The van der Waals surface area contributed by atoms with E-state index in [1.165, 1.54) is 11.3 Å². The van der Waals surface area contributed by atoms with Crippen LogP contribution in [0.15, 0.2) is 42.5 Å². The molecule has 2 amide bonds. The molecule has 1 aromatic heterocycles. The standard InChI is InChI=1S/C24H24N2O5S/c1-13-20-16(14-10-17(29-2)21(31-4)18(11-14)30-3)12-19(27)26-24(20)32-22(13)23(28)25-15-8-6-5-7-9-15/h5-11,16H,12H2,1-4H3,(H,25,28)(H,26,27)/t16-/m0/s1. The van der Waals surface area contributed by atoms with Crippen LogP contribution in [0.1, 0.15) is 38.7 Å². The van der Waals surface area contributed by atoms with E-state index < -0.39 is 0 Å². The van der Waals surface area contributed by atoms with Crippen LogP contribution in [0.3, 0.4) is 0 Å². The van der Waals surface area contributed by atoms with Crippen molar-refractivity contribution < 1.29 is 23.8 Å². The molecule has 2 N–H and O–H groups in total. The van der Waals surface area contributed by atoms with Gasteiger partial charge in [0.05, 0.1) is 31.2 Å². The van der Waals surface area contributed by atoms with Crippen LogP contribution in [-0.2, 0) is 4.79 Å². The zero-order valence-corrected chi connectivity index (χ0v) is 19.1. The number of benzene rings is 2. The largest absolute Gasteiger partial charge is 0.493 e. The first-order chi connectivity index (χ1) is 15.5. The SMILES string of the molecule is COc1cc([C@@H]2CC(=O)Nc3sc(C(=O)Nc4ccccc4)c(C)c32)cc(OC)c1OC. The van der Waals surface area contributed by atoms with Crippen LogP contribution < -0.4 is 24.8 Å². The summed E-state index contributed by atoms with van der Waals surface area (Å²) in [5, 5.41) is 6.55. The second-order valence-corrected chi connectivity index (χ2v) is 8.40. The molecule has 0 saturated heterocycles. The fourth-order valence-corrected chi connectivity index (χ4v) is 5.20. The van der Waals surface area contributed by atoms with Gasteiger partial charge in [0.2, 0.25) is 11.7 Å². The molecule has 7 nitrogen and oxygen atoms in total. The highest BCUT2D eigenvalue weighted by Crippen LogP contribution is 2.48. The smallest absolute Gasteiger partial charge is 0.266 e. The number of thiophene rings is 1. The minimum atomic E-state index is -0.248.